The van der Waals surface area contributed by atoms with Gasteiger partial charge in [0.05, 0.1) is 6.54 Å². The number of hydrogen-bond donors (Lipinski definition) is 1. The lowest BCUT2D eigenvalue weighted by Crippen LogP contribution is -2.37. The molecule has 2 heterocycles. The zero-order valence-corrected chi connectivity index (χ0v) is 9.52. The van der Waals surface area contributed by atoms with E-state index in [2.05, 4.69) is 15.2 Å². The Balaban J connectivity index is 1.92. The van der Waals surface area contributed by atoms with Crippen molar-refractivity contribution in [3.05, 3.63) is 30.1 Å². The Bertz CT molecular complexity index is 347. The Morgan fingerprint density at radius 3 is 3.12 bits per heavy atom. The van der Waals surface area contributed by atoms with Crippen LogP contribution in [-0.4, -0.2) is 48.4 Å². The van der Waals surface area contributed by atoms with E-state index in [0.29, 0.717) is 18.3 Å². The molecular formula is C12H17N3O. The van der Waals surface area contributed by atoms with Gasteiger partial charge in [-0.05, 0) is 32.1 Å². The molecular weight excluding hydrogens is 202 g/mol. The van der Waals surface area contributed by atoms with Gasteiger partial charge in [0, 0.05) is 18.8 Å². The summed E-state index contributed by atoms with van der Waals surface area (Å²) < 4.78 is 0. The van der Waals surface area contributed by atoms with Gasteiger partial charge in [-0.2, -0.15) is 0 Å². The van der Waals surface area contributed by atoms with E-state index in [1.54, 1.807) is 12.3 Å². The van der Waals surface area contributed by atoms with Crippen molar-refractivity contribution in [3.8, 4) is 0 Å². The summed E-state index contributed by atoms with van der Waals surface area (Å²) in [6, 6.07) is 5.91. The lowest BCUT2D eigenvalue weighted by Gasteiger charge is -2.22. The molecule has 1 aliphatic rings. The van der Waals surface area contributed by atoms with Gasteiger partial charge in [-0.25, -0.2) is 0 Å². The van der Waals surface area contributed by atoms with Gasteiger partial charge in [-0.3, -0.25) is 14.7 Å². The van der Waals surface area contributed by atoms with Crippen LogP contribution in [0, 0.1) is 0 Å². The minimum atomic E-state index is 0.0926. The van der Waals surface area contributed by atoms with Crippen molar-refractivity contribution in [2.24, 2.45) is 0 Å². The summed E-state index contributed by atoms with van der Waals surface area (Å²) in [6.45, 7) is 2.47. The topological polar surface area (TPSA) is 45.2 Å². The standard InChI is InChI=1S/C12H17N3O/c1-15(10-5-7-13-8-10)9-12(16)11-4-2-3-6-14-11/h2-4,6,10,13H,5,7-9H2,1H3/t10-/m1/s1. The number of carbonyl (C=O) groups is 1. The molecule has 0 spiro atoms. The molecule has 1 saturated heterocycles. The highest BCUT2D eigenvalue weighted by Crippen LogP contribution is 2.07. The number of hydrogen-bond acceptors (Lipinski definition) is 4. The molecule has 0 saturated carbocycles. The van der Waals surface area contributed by atoms with E-state index >= 15 is 0 Å². The predicted octanol–water partition coefficient (Wildman–Crippen LogP) is 0.558. The fourth-order valence-corrected chi connectivity index (χ4v) is 1.98. The Kier molecular flexibility index (Phi) is 3.64. The van der Waals surface area contributed by atoms with Crippen LogP contribution in [-0.2, 0) is 0 Å². The number of nitrogens with one attached hydrogen (secondary N) is 1. The van der Waals surface area contributed by atoms with Crippen LogP contribution in [0.4, 0.5) is 0 Å². The van der Waals surface area contributed by atoms with Gasteiger partial charge in [-0.1, -0.05) is 6.07 Å². The van der Waals surface area contributed by atoms with E-state index in [1.807, 2.05) is 19.2 Å². The van der Waals surface area contributed by atoms with Crippen LogP contribution in [0.5, 0.6) is 0 Å². The molecule has 1 aliphatic heterocycles. The van der Waals surface area contributed by atoms with E-state index in [9.17, 15) is 4.79 Å². The highest BCUT2D eigenvalue weighted by atomic mass is 16.1. The summed E-state index contributed by atoms with van der Waals surface area (Å²) in [5.74, 6) is 0.0926. The molecule has 86 valence electrons. The minimum absolute atomic E-state index is 0.0926. The fourth-order valence-electron chi connectivity index (χ4n) is 1.98. The molecule has 1 aromatic heterocycles. The summed E-state index contributed by atoms with van der Waals surface area (Å²) in [7, 11) is 2.00. The van der Waals surface area contributed by atoms with Crippen LogP contribution in [0.1, 0.15) is 16.9 Å². The average molecular weight is 219 g/mol. The number of likely N-dealkylation sites (N-methyl/N-ethyl adjacent to an activating group) is 1. The van der Waals surface area contributed by atoms with Crippen molar-refractivity contribution >= 4 is 5.78 Å². The van der Waals surface area contributed by atoms with Gasteiger partial charge in [0.25, 0.3) is 0 Å². The normalized spacial score (nSPS) is 20.2. The van der Waals surface area contributed by atoms with Gasteiger partial charge in [0.15, 0.2) is 5.78 Å². The smallest absolute Gasteiger partial charge is 0.195 e. The maximum absolute atomic E-state index is 11.9. The van der Waals surface area contributed by atoms with Crippen LogP contribution in [0.15, 0.2) is 24.4 Å². The highest BCUT2D eigenvalue weighted by molar-refractivity contribution is 5.95. The van der Waals surface area contributed by atoms with Crippen molar-refractivity contribution in [1.82, 2.24) is 15.2 Å². The number of rotatable bonds is 4. The van der Waals surface area contributed by atoms with Gasteiger partial charge in [-0.15, -0.1) is 0 Å². The maximum Gasteiger partial charge on any atom is 0.195 e. The molecule has 4 heteroatoms. The Labute approximate surface area is 95.7 Å². The zero-order valence-electron chi connectivity index (χ0n) is 9.52. The second-order valence-corrected chi connectivity index (χ2v) is 4.20. The van der Waals surface area contributed by atoms with Crippen molar-refractivity contribution in [3.63, 3.8) is 0 Å². The van der Waals surface area contributed by atoms with Gasteiger partial charge in [0.1, 0.15) is 5.69 Å². The first-order chi connectivity index (χ1) is 7.77. The Morgan fingerprint density at radius 1 is 1.62 bits per heavy atom. The third-order valence-corrected chi connectivity index (χ3v) is 3.00. The molecule has 0 aliphatic carbocycles. The number of aromatic nitrogens is 1. The van der Waals surface area contributed by atoms with E-state index in [1.165, 1.54) is 0 Å². The molecule has 1 aromatic rings. The third-order valence-electron chi connectivity index (χ3n) is 3.00. The summed E-state index contributed by atoms with van der Waals surface area (Å²) in [6.07, 6.45) is 2.77. The third kappa shape index (κ3) is 2.65. The monoisotopic (exact) mass is 219 g/mol. The van der Waals surface area contributed by atoms with Crippen molar-refractivity contribution in [2.45, 2.75) is 12.5 Å². The molecule has 2 rings (SSSR count). The number of nitrogens with zero attached hydrogens (tertiary/aromatic N) is 2. The quantitative estimate of drug-likeness (QED) is 0.751. The van der Waals surface area contributed by atoms with Gasteiger partial charge >= 0.3 is 0 Å². The fraction of sp³-hybridized carbons (Fsp3) is 0.500. The largest absolute Gasteiger partial charge is 0.315 e. The number of pyridine rings is 1. The molecule has 1 atom stereocenters. The maximum atomic E-state index is 11.9. The van der Waals surface area contributed by atoms with Gasteiger partial charge in [0.2, 0.25) is 0 Å². The van der Waals surface area contributed by atoms with Crippen molar-refractivity contribution < 1.29 is 4.79 Å². The van der Waals surface area contributed by atoms with Crippen LogP contribution in [0.2, 0.25) is 0 Å². The molecule has 0 radical (unpaired) electrons. The summed E-state index contributed by atoms with van der Waals surface area (Å²) >= 11 is 0. The Hall–Kier alpha value is -1.26. The highest BCUT2D eigenvalue weighted by Gasteiger charge is 2.21. The molecule has 1 N–H and O–H groups in total. The molecule has 0 unspecified atom stereocenters. The molecule has 0 amide bonds. The molecule has 0 aromatic carbocycles. The van der Waals surface area contributed by atoms with Crippen LogP contribution < -0.4 is 5.32 Å². The van der Waals surface area contributed by atoms with Crippen molar-refractivity contribution in [1.29, 1.82) is 0 Å². The SMILES string of the molecule is CN(CC(=O)c1ccccn1)[C@@H]1CCNC1. The molecule has 16 heavy (non-hydrogen) atoms. The van der Waals surface area contributed by atoms with E-state index < -0.39 is 0 Å². The van der Waals surface area contributed by atoms with Crippen molar-refractivity contribution in [2.75, 3.05) is 26.7 Å². The molecule has 1 fully saturated rings. The van der Waals surface area contributed by atoms with Gasteiger partial charge < -0.3 is 5.32 Å². The molecule has 0 bridgehead atoms. The van der Waals surface area contributed by atoms with Crippen LogP contribution >= 0.6 is 0 Å². The first kappa shape index (κ1) is 11.2. The first-order valence-corrected chi connectivity index (χ1v) is 5.62. The van der Waals surface area contributed by atoms with E-state index in [0.717, 1.165) is 19.5 Å². The number of carbonyl (C=O) groups excluding carboxylic acids is 1. The number of ketones is 1. The second-order valence-electron chi connectivity index (χ2n) is 4.20. The predicted molar refractivity (Wildman–Crippen MR) is 62.5 cm³/mol. The summed E-state index contributed by atoms with van der Waals surface area (Å²) in [5, 5.41) is 3.30. The minimum Gasteiger partial charge on any atom is -0.315 e. The summed E-state index contributed by atoms with van der Waals surface area (Å²) in [5.41, 5.74) is 0.556. The van der Waals surface area contributed by atoms with E-state index in [-0.39, 0.29) is 5.78 Å². The van der Waals surface area contributed by atoms with E-state index in [4.69, 9.17) is 0 Å². The second kappa shape index (κ2) is 5.18. The number of Topliss-reactive ketones (excluding diaryl/α,β-unsaturated/α-hetero) is 1. The Morgan fingerprint density at radius 2 is 2.50 bits per heavy atom. The van der Waals surface area contributed by atoms with Crippen LogP contribution in [0.3, 0.4) is 0 Å². The molecule has 4 nitrogen and oxygen atoms in total. The zero-order chi connectivity index (χ0) is 11.4. The lowest BCUT2D eigenvalue weighted by molar-refractivity contribution is 0.0920. The van der Waals surface area contributed by atoms with Crippen LogP contribution in [0.25, 0.3) is 0 Å². The lowest BCUT2D eigenvalue weighted by atomic mass is 10.2. The average Bonchev–Trinajstić information content (AvgIpc) is 2.83. The first-order valence-electron chi connectivity index (χ1n) is 5.62. The summed E-state index contributed by atoms with van der Waals surface area (Å²) in [4.78, 5) is 18.1.